The summed E-state index contributed by atoms with van der Waals surface area (Å²) in [6.07, 6.45) is 3.65. The Morgan fingerprint density at radius 1 is 1.33 bits per heavy atom. The second-order valence-electron chi connectivity index (χ2n) is 4.14. The lowest BCUT2D eigenvalue weighted by atomic mass is 10.3. The molecular formula is C12H22ClN5. The van der Waals surface area contributed by atoms with Crippen LogP contribution >= 0.6 is 11.6 Å². The molecule has 1 aromatic heterocycles. The van der Waals surface area contributed by atoms with Gasteiger partial charge in [-0.1, -0.05) is 25.4 Å². The van der Waals surface area contributed by atoms with E-state index in [0.29, 0.717) is 16.7 Å². The average Bonchev–Trinajstić information content (AvgIpc) is 2.38. The summed E-state index contributed by atoms with van der Waals surface area (Å²) in [7, 11) is 0. The summed E-state index contributed by atoms with van der Waals surface area (Å²) < 4.78 is 0. The number of nitrogens with zero attached hydrogens (tertiary/aromatic N) is 3. The first-order valence-electron chi connectivity index (χ1n) is 6.41. The minimum absolute atomic E-state index is 0.300. The van der Waals surface area contributed by atoms with Crippen LogP contribution in [-0.2, 0) is 0 Å². The van der Waals surface area contributed by atoms with E-state index >= 15 is 0 Å². The summed E-state index contributed by atoms with van der Waals surface area (Å²) >= 11 is 5.82. The molecule has 0 fully saturated rings. The fraction of sp³-hybridized carbons (Fsp3) is 0.667. The fourth-order valence-corrected chi connectivity index (χ4v) is 1.90. The van der Waals surface area contributed by atoms with Gasteiger partial charge < -0.3 is 16.0 Å². The number of aromatic nitrogens is 2. The number of nitrogens with one attached hydrogen (secondary N) is 1. The van der Waals surface area contributed by atoms with Gasteiger partial charge in [-0.15, -0.1) is 0 Å². The van der Waals surface area contributed by atoms with Gasteiger partial charge in [0.05, 0.1) is 0 Å². The Morgan fingerprint density at radius 2 is 2.11 bits per heavy atom. The molecular weight excluding hydrogens is 250 g/mol. The van der Waals surface area contributed by atoms with E-state index in [9.17, 15) is 0 Å². The largest absolute Gasteiger partial charge is 0.393 e. The summed E-state index contributed by atoms with van der Waals surface area (Å²) in [6.45, 7) is 8.54. The third kappa shape index (κ3) is 4.66. The van der Waals surface area contributed by atoms with Gasteiger partial charge >= 0.3 is 0 Å². The molecule has 3 N–H and O–H groups in total. The van der Waals surface area contributed by atoms with Crippen LogP contribution in [-0.4, -0.2) is 41.0 Å². The molecule has 0 aliphatic carbocycles. The van der Waals surface area contributed by atoms with E-state index in [4.69, 9.17) is 17.3 Å². The van der Waals surface area contributed by atoms with Crippen LogP contribution in [0, 0.1) is 0 Å². The molecule has 0 saturated carbocycles. The normalized spacial score (nSPS) is 10.9. The number of halogens is 1. The van der Waals surface area contributed by atoms with Gasteiger partial charge in [-0.3, -0.25) is 0 Å². The first-order valence-corrected chi connectivity index (χ1v) is 6.79. The van der Waals surface area contributed by atoms with Crippen molar-refractivity contribution in [2.24, 2.45) is 0 Å². The first kappa shape index (κ1) is 15.0. The van der Waals surface area contributed by atoms with Crippen LogP contribution in [0.5, 0.6) is 0 Å². The molecule has 1 heterocycles. The van der Waals surface area contributed by atoms with Crippen LogP contribution in [0.25, 0.3) is 0 Å². The number of hydrogen-bond donors (Lipinski definition) is 2. The van der Waals surface area contributed by atoms with E-state index in [1.807, 2.05) is 0 Å². The predicted octanol–water partition coefficient (Wildman–Crippen LogP) is 2.25. The Balaban J connectivity index is 2.31. The molecule has 5 nitrogen and oxygen atoms in total. The zero-order valence-electron chi connectivity index (χ0n) is 11.1. The number of anilines is 2. The average molecular weight is 272 g/mol. The van der Waals surface area contributed by atoms with Gasteiger partial charge in [0.1, 0.15) is 12.0 Å². The highest BCUT2D eigenvalue weighted by molar-refractivity contribution is 6.32. The molecule has 0 saturated heterocycles. The van der Waals surface area contributed by atoms with Crippen LogP contribution in [0.4, 0.5) is 11.5 Å². The number of rotatable bonds is 8. The third-order valence-electron chi connectivity index (χ3n) is 2.77. The van der Waals surface area contributed by atoms with Gasteiger partial charge in [-0.25, -0.2) is 9.97 Å². The summed E-state index contributed by atoms with van der Waals surface area (Å²) in [5.74, 6) is 0.619. The van der Waals surface area contributed by atoms with E-state index in [1.165, 1.54) is 12.7 Å². The van der Waals surface area contributed by atoms with E-state index < -0.39 is 0 Å². The van der Waals surface area contributed by atoms with Crippen molar-refractivity contribution in [2.75, 3.05) is 37.2 Å². The SMILES string of the molecule is CCCN(CC)CCCNc1ncnc(Cl)c1N. The van der Waals surface area contributed by atoms with Crippen LogP contribution in [0.1, 0.15) is 26.7 Å². The lowest BCUT2D eigenvalue weighted by molar-refractivity contribution is 0.288. The maximum atomic E-state index is 5.82. The number of hydrogen-bond acceptors (Lipinski definition) is 5. The van der Waals surface area contributed by atoms with Gasteiger partial charge in [-0.2, -0.15) is 0 Å². The molecule has 0 unspecified atom stereocenters. The summed E-state index contributed by atoms with van der Waals surface area (Å²) in [5, 5.41) is 3.49. The highest BCUT2D eigenvalue weighted by Crippen LogP contribution is 2.21. The van der Waals surface area contributed by atoms with Crippen molar-refractivity contribution in [3.05, 3.63) is 11.5 Å². The molecule has 18 heavy (non-hydrogen) atoms. The van der Waals surface area contributed by atoms with Gasteiger partial charge in [0.15, 0.2) is 11.0 Å². The fourth-order valence-electron chi connectivity index (χ4n) is 1.77. The van der Waals surface area contributed by atoms with Crippen molar-refractivity contribution in [1.82, 2.24) is 14.9 Å². The molecule has 0 radical (unpaired) electrons. The molecule has 0 spiro atoms. The molecule has 0 aliphatic rings. The van der Waals surface area contributed by atoms with Gasteiger partial charge in [0.2, 0.25) is 0 Å². The Bertz CT molecular complexity index is 358. The Hall–Kier alpha value is -1.07. The maximum absolute atomic E-state index is 5.82. The van der Waals surface area contributed by atoms with Crippen LogP contribution in [0.2, 0.25) is 5.15 Å². The third-order valence-corrected chi connectivity index (χ3v) is 3.07. The van der Waals surface area contributed by atoms with E-state index in [-0.39, 0.29) is 0 Å². The maximum Gasteiger partial charge on any atom is 0.157 e. The molecule has 6 heteroatoms. The summed E-state index contributed by atoms with van der Waals surface area (Å²) in [6, 6.07) is 0. The van der Waals surface area contributed by atoms with Crippen LogP contribution in [0.3, 0.4) is 0 Å². The lowest BCUT2D eigenvalue weighted by Crippen LogP contribution is -2.26. The van der Waals surface area contributed by atoms with Gasteiger partial charge in [-0.05, 0) is 32.5 Å². The van der Waals surface area contributed by atoms with Crippen molar-refractivity contribution in [3.63, 3.8) is 0 Å². The van der Waals surface area contributed by atoms with Crippen molar-refractivity contribution < 1.29 is 0 Å². The lowest BCUT2D eigenvalue weighted by Gasteiger charge is -2.19. The highest BCUT2D eigenvalue weighted by Gasteiger charge is 2.05. The predicted molar refractivity (Wildman–Crippen MR) is 77.0 cm³/mol. The van der Waals surface area contributed by atoms with Crippen molar-refractivity contribution in [2.45, 2.75) is 26.7 Å². The second-order valence-corrected chi connectivity index (χ2v) is 4.50. The monoisotopic (exact) mass is 271 g/mol. The van der Waals surface area contributed by atoms with Gasteiger partial charge in [0.25, 0.3) is 0 Å². The topological polar surface area (TPSA) is 67.1 Å². The standard InChI is InChI=1S/C12H22ClN5/c1-3-7-18(4-2)8-5-6-15-12-10(14)11(13)16-9-17-12/h9H,3-8,14H2,1-2H3,(H,15,16,17). The zero-order chi connectivity index (χ0) is 13.4. The molecule has 102 valence electrons. The Labute approximate surface area is 114 Å². The molecule has 1 rings (SSSR count). The summed E-state index contributed by atoms with van der Waals surface area (Å²) in [5.41, 5.74) is 6.19. The molecule has 0 aliphatic heterocycles. The Kier molecular flexibility index (Phi) is 6.75. The van der Waals surface area contributed by atoms with Gasteiger partial charge in [0, 0.05) is 6.54 Å². The minimum Gasteiger partial charge on any atom is -0.393 e. The zero-order valence-corrected chi connectivity index (χ0v) is 11.9. The number of nitrogens with two attached hydrogens (primary N) is 1. The van der Waals surface area contributed by atoms with Crippen LogP contribution in [0.15, 0.2) is 6.33 Å². The Morgan fingerprint density at radius 3 is 2.78 bits per heavy atom. The number of nitrogen functional groups attached to an aromatic ring is 1. The van der Waals surface area contributed by atoms with Crippen molar-refractivity contribution in [3.8, 4) is 0 Å². The minimum atomic E-state index is 0.300. The van der Waals surface area contributed by atoms with Crippen LogP contribution < -0.4 is 11.1 Å². The van der Waals surface area contributed by atoms with E-state index in [1.54, 1.807) is 0 Å². The van der Waals surface area contributed by atoms with E-state index in [0.717, 1.165) is 32.6 Å². The highest BCUT2D eigenvalue weighted by atomic mass is 35.5. The molecule has 0 amide bonds. The first-order chi connectivity index (χ1) is 8.69. The second kappa shape index (κ2) is 8.11. The smallest absolute Gasteiger partial charge is 0.157 e. The molecule has 0 aromatic carbocycles. The van der Waals surface area contributed by atoms with Crippen molar-refractivity contribution >= 4 is 23.1 Å². The molecule has 1 aromatic rings. The molecule has 0 atom stereocenters. The van der Waals surface area contributed by atoms with Crippen molar-refractivity contribution in [1.29, 1.82) is 0 Å². The molecule has 0 bridgehead atoms. The summed E-state index contributed by atoms with van der Waals surface area (Å²) in [4.78, 5) is 10.3. The van der Waals surface area contributed by atoms with E-state index in [2.05, 4.69) is 34.0 Å². The quantitative estimate of drug-likeness (QED) is 0.561.